The van der Waals surface area contributed by atoms with Gasteiger partial charge in [-0.15, -0.1) is 0 Å². The highest BCUT2D eigenvalue weighted by molar-refractivity contribution is 5.96. The molecule has 1 saturated carbocycles. The number of carbonyl (C=O) groups is 2. The molecular weight excluding hydrogens is 288 g/mol. The lowest BCUT2D eigenvalue weighted by molar-refractivity contribution is -0.129. The van der Waals surface area contributed by atoms with E-state index in [9.17, 15) is 9.59 Å². The van der Waals surface area contributed by atoms with Gasteiger partial charge < -0.3 is 18.9 Å². The zero-order chi connectivity index (χ0) is 16.1. The summed E-state index contributed by atoms with van der Waals surface area (Å²) in [6, 6.07) is 3.14. The van der Waals surface area contributed by atoms with Gasteiger partial charge in [0.15, 0.2) is 23.4 Å². The number of Topliss-reactive ketones (excluding diaryl/α,β-unsaturated/α-hetero) is 1. The van der Waals surface area contributed by atoms with Crippen LogP contribution in [0, 0.1) is 0 Å². The van der Waals surface area contributed by atoms with Crippen LogP contribution in [0.1, 0.15) is 36.0 Å². The van der Waals surface area contributed by atoms with Gasteiger partial charge in [0.1, 0.15) is 5.56 Å². The Morgan fingerprint density at radius 2 is 1.77 bits per heavy atom. The van der Waals surface area contributed by atoms with Crippen LogP contribution in [0.4, 0.5) is 0 Å². The molecule has 22 heavy (non-hydrogen) atoms. The average molecular weight is 308 g/mol. The minimum atomic E-state index is -0.668. The summed E-state index contributed by atoms with van der Waals surface area (Å²) in [6.07, 6.45) is 2.10. The highest BCUT2D eigenvalue weighted by Crippen LogP contribution is 2.40. The van der Waals surface area contributed by atoms with Crippen molar-refractivity contribution in [2.75, 3.05) is 21.3 Å². The molecule has 1 aliphatic carbocycles. The predicted octanol–water partition coefficient (Wildman–Crippen LogP) is 2.38. The Morgan fingerprint density at radius 1 is 1.05 bits per heavy atom. The van der Waals surface area contributed by atoms with Crippen LogP contribution in [0.5, 0.6) is 17.2 Å². The first kappa shape index (κ1) is 16.1. The van der Waals surface area contributed by atoms with E-state index in [0.29, 0.717) is 24.3 Å². The van der Waals surface area contributed by atoms with E-state index in [1.165, 1.54) is 27.4 Å². The fourth-order valence-corrected chi connectivity index (χ4v) is 2.53. The lowest BCUT2D eigenvalue weighted by Crippen LogP contribution is -2.30. The zero-order valence-corrected chi connectivity index (χ0v) is 13.0. The third-order valence-corrected chi connectivity index (χ3v) is 3.67. The molecule has 1 aromatic rings. The molecule has 120 valence electrons. The number of ether oxygens (including phenoxy) is 4. The quantitative estimate of drug-likeness (QED) is 0.778. The summed E-state index contributed by atoms with van der Waals surface area (Å²) < 4.78 is 21.0. The fourth-order valence-electron chi connectivity index (χ4n) is 2.53. The van der Waals surface area contributed by atoms with Crippen LogP contribution in [0.2, 0.25) is 0 Å². The van der Waals surface area contributed by atoms with Crippen molar-refractivity contribution in [2.45, 2.75) is 31.8 Å². The molecule has 0 bridgehead atoms. The fraction of sp³-hybridized carbons (Fsp3) is 0.500. The van der Waals surface area contributed by atoms with E-state index in [2.05, 4.69) is 0 Å². The number of hydrogen-bond acceptors (Lipinski definition) is 6. The van der Waals surface area contributed by atoms with E-state index in [1.54, 1.807) is 6.07 Å². The van der Waals surface area contributed by atoms with Crippen LogP contribution < -0.4 is 14.2 Å². The first-order chi connectivity index (χ1) is 10.6. The third kappa shape index (κ3) is 3.16. The summed E-state index contributed by atoms with van der Waals surface area (Å²) in [4.78, 5) is 24.1. The van der Waals surface area contributed by atoms with Crippen molar-refractivity contribution in [3.05, 3.63) is 17.7 Å². The summed E-state index contributed by atoms with van der Waals surface area (Å²) in [5.74, 6) is 0.367. The van der Waals surface area contributed by atoms with Gasteiger partial charge in [-0.25, -0.2) is 4.79 Å². The van der Waals surface area contributed by atoms with Crippen molar-refractivity contribution in [1.29, 1.82) is 0 Å². The normalized spacial score (nSPS) is 17.8. The molecule has 1 aromatic carbocycles. The zero-order valence-electron chi connectivity index (χ0n) is 13.0. The van der Waals surface area contributed by atoms with Crippen LogP contribution in [0.25, 0.3) is 0 Å². The smallest absolute Gasteiger partial charge is 0.342 e. The molecule has 0 N–H and O–H groups in total. The summed E-state index contributed by atoms with van der Waals surface area (Å²) in [7, 11) is 4.38. The minimum Gasteiger partial charge on any atom is -0.493 e. The molecule has 6 heteroatoms. The van der Waals surface area contributed by atoms with Gasteiger partial charge >= 0.3 is 5.97 Å². The van der Waals surface area contributed by atoms with E-state index in [4.69, 9.17) is 18.9 Å². The molecule has 0 amide bonds. The number of ketones is 1. The number of esters is 1. The van der Waals surface area contributed by atoms with Crippen LogP contribution >= 0.6 is 0 Å². The van der Waals surface area contributed by atoms with Gasteiger partial charge in [-0.2, -0.15) is 0 Å². The van der Waals surface area contributed by atoms with E-state index in [-0.39, 0.29) is 17.1 Å². The summed E-state index contributed by atoms with van der Waals surface area (Å²) in [6.45, 7) is 0. The van der Waals surface area contributed by atoms with Gasteiger partial charge in [0.25, 0.3) is 0 Å². The van der Waals surface area contributed by atoms with Crippen LogP contribution in [-0.4, -0.2) is 39.2 Å². The highest BCUT2D eigenvalue weighted by Gasteiger charge is 2.29. The van der Waals surface area contributed by atoms with Crippen molar-refractivity contribution < 1.29 is 28.5 Å². The van der Waals surface area contributed by atoms with E-state index in [1.807, 2.05) is 0 Å². The summed E-state index contributed by atoms with van der Waals surface area (Å²) >= 11 is 0. The van der Waals surface area contributed by atoms with Gasteiger partial charge in [0, 0.05) is 6.42 Å². The Morgan fingerprint density at radius 3 is 2.36 bits per heavy atom. The molecule has 0 unspecified atom stereocenters. The summed E-state index contributed by atoms with van der Waals surface area (Å²) in [5, 5.41) is 0. The number of benzene rings is 1. The van der Waals surface area contributed by atoms with E-state index in [0.717, 1.165) is 12.8 Å². The largest absolute Gasteiger partial charge is 0.493 e. The molecule has 1 aliphatic rings. The Bertz CT molecular complexity index is 566. The first-order valence-electron chi connectivity index (χ1n) is 7.15. The Kier molecular flexibility index (Phi) is 5.25. The van der Waals surface area contributed by atoms with Crippen molar-refractivity contribution in [1.82, 2.24) is 0 Å². The van der Waals surface area contributed by atoms with Crippen molar-refractivity contribution in [3.63, 3.8) is 0 Å². The van der Waals surface area contributed by atoms with E-state index >= 15 is 0 Å². The van der Waals surface area contributed by atoms with Gasteiger partial charge in [-0.05, 0) is 31.4 Å². The molecule has 1 atom stereocenters. The van der Waals surface area contributed by atoms with Crippen LogP contribution in [-0.2, 0) is 9.53 Å². The molecule has 6 nitrogen and oxygen atoms in total. The predicted molar refractivity (Wildman–Crippen MR) is 78.8 cm³/mol. The maximum atomic E-state index is 12.4. The molecular formula is C16H20O6. The second-order valence-electron chi connectivity index (χ2n) is 4.99. The lowest BCUT2D eigenvalue weighted by Gasteiger charge is -2.21. The molecule has 0 aromatic heterocycles. The maximum absolute atomic E-state index is 12.4. The maximum Gasteiger partial charge on any atom is 0.342 e. The van der Waals surface area contributed by atoms with Gasteiger partial charge in [0.05, 0.1) is 21.3 Å². The average Bonchev–Trinajstić information content (AvgIpc) is 2.55. The molecule has 0 radical (unpaired) electrons. The summed E-state index contributed by atoms with van der Waals surface area (Å²) in [5.41, 5.74) is 0.207. The van der Waals surface area contributed by atoms with Crippen molar-refractivity contribution in [3.8, 4) is 17.2 Å². The Balaban J connectivity index is 2.27. The number of rotatable bonds is 5. The standard InChI is InChI=1S/C16H20O6/c1-19-13-9-8-10(14(20-2)15(13)21-3)16(18)22-12-7-5-4-6-11(12)17/h8-9,12H,4-7H2,1-3H3/t12-/m0/s1. The Hall–Kier alpha value is -2.24. The van der Waals surface area contributed by atoms with Gasteiger partial charge in [-0.3, -0.25) is 4.79 Å². The van der Waals surface area contributed by atoms with Crippen LogP contribution in [0.15, 0.2) is 12.1 Å². The monoisotopic (exact) mass is 308 g/mol. The molecule has 2 rings (SSSR count). The van der Waals surface area contributed by atoms with Gasteiger partial charge in [0.2, 0.25) is 5.75 Å². The third-order valence-electron chi connectivity index (χ3n) is 3.67. The second-order valence-corrected chi connectivity index (χ2v) is 4.99. The molecule has 1 fully saturated rings. The minimum absolute atomic E-state index is 0.0287. The number of methoxy groups -OCH3 is 3. The van der Waals surface area contributed by atoms with Crippen molar-refractivity contribution in [2.24, 2.45) is 0 Å². The number of carbonyl (C=O) groups excluding carboxylic acids is 2. The molecule has 0 heterocycles. The SMILES string of the molecule is COc1ccc(C(=O)O[C@H]2CCCCC2=O)c(OC)c1OC. The Labute approximate surface area is 129 Å². The van der Waals surface area contributed by atoms with E-state index < -0.39 is 12.1 Å². The van der Waals surface area contributed by atoms with Gasteiger partial charge in [-0.1, -0.05) is 0 Å². The van der Waals surface area contributed by atoms with Crippen LogP contribution in [0.3, 0.4) is 0 Å². The molecule has 0 aliphatic heterocycles. The molecule has 0 saturated heterocycles. The first-order valence-corrected chi connectivity index (χ1v) is 7.15. The number of hydrogen-bond donors (Lipinski definition) is 0. The molecule has 0 spiro atoms. The van der Waals surface area contributed by atoms with Crippen molar-refractivity contribution >= 4 is 11.8 Å². The highest BCUT2D eigenvalue weighted by atomic mass is 16.6. The topological polar surface area (TPSA) is 71.1 Å². The second kappa shape index (κ2) is 7.15. The lowest BCUT2D eigenvalue weighted by atomic mass is 9.96.